The smallest absolute Gasteiger partial charge is 0.316 e. The molecule has 0 atom stereocenters. The fraction of sp³-hybridized carbons (Fsp3) is 0.286. The third-order valence-electron chi connectivity index (χ3n) is 5.85. The maximum absolute atomic E-state index is 13.4. The molecule has 0 bridgehead atoms. The molecule has 2 heterocycles. The third kappa shape index (κ3) is 7.19. The Hall–Kier alpha value is -3.90. The van der Waals surface area contributed by atoms with Crippen LogP contribution in [0, 0.1) is 0 Å². The number of nitrogens with zero attached hydrogens (tertiary/aromatic N) is 4. The lowest BCUT2D eigenvalue weighted by molar-refractivity contribution is 0.201. The van der Waals surface area contributed by atoms with Crippen LogP contribution in [0.25, 0.3) is 11.1 Å². The van der Waals surface area contributed by atoms with Crippen LogP contribution in [0.2, 0.25) is 0 Å². The van der Waals surface area contributed by atoms with Gasteiger partial charge in [0.2, 0.25) is 5.88 Å². The van der Waals surface area contributed by atoms with Crippen molar-refractivity contribution in [1.29, 1.82) is 0 Å². The van der Waals surface area contributed by atoms with Gasteiger partial charge in [-0.2, -0.15) is 0 Å². The van der Waals surface area contributed by atoms with Gasteiger partial charge in [0.15, 0.2) is 5.82 Å². The highest BCUT2D eigenvalue weighted by Crippen LogP contribution is 2.36. The Morgan fingerprint density at radius 3 is 2.12 bits per heavy atom. The number of ether oxygens (including phenoxy) is 3. The highest BCUT2D eigenvalue weighted by molar-refractivity contribution is 7.98. The standard InChI is InChI=1S/C28H31N5O5S2/c1-28(2,3)20-8-12-23(13-9-20)40(34,35)33-25-24(19-6-10-21(36-4)11-7-19)26(32-18-31-25)37-14-15-38-27-29-16-22(39-5)17-30-27/h6-13,16-18H,14-15H2,1-5H3,(H,31,32,33). The minimum Gasteiger partial charge on any atom is -0.497 e. The van der Waals surface area contributed by atoms with Crippen molar-refractivity contribution < 1.29 is 22.6 Å². The summed E-state index contributed by atoms with van der Waals surface area (Å²) in [5.74, 6) is 0.903. The minimum atomic E-state index is -3.97. The van der Waals surface area contributed by atoms with Crippen molar-refractivity contribution in [3.8, 4) is 28.8 Å². The second-order valence-electron chi connectivity index (χ2n) is 9.61. The normalized spacial score (nSPS) is 11.6. The molecule has 0 saturated carbocycles. The van der Waals surface area contributed by atoms with E-state index in [-0.39, 0.29) is 41.2 Å². The predicted molar refractivity (Wildman–Crippen MR) is 155 cm³/mol. The topological polar surface area (TPSA) is 125 Å². The molecule has 0 fully saturated rings. The Labute approximate surface area is 238 Å². The molecule has 4 rings (SSSR count). The summed E-state index contributed by atoms with van der Waals surface area (Å²) in [6.07, 6.45) is 6.53. The molecule has 0 amide bonds. The van der Waals surface area contributed by atoms with Gasteiger partial charge in [0.25, 0.3) is 10.0 Å². The van der Waals surface area contributed by atoms with Crippen LogP contribution in [0.4, 0.5) is 5.82 Å². The number of benzene rings is 2. The van der Waals surface area contributed by atoms with E-state index in [0.717, 1.165) is 10.5 Å². The van der Waals surface area contributed by atoms with Crippen LogP contribution in [-0.4, -0.2) is 54.9 Å². The molecule has 0 aliphatic carbocycles. The molecule has 2 aromatic heterocycles. The van der Waals surface area contributed by atoms with Gasteiger partial charge >= 0.3 is 6.01 Å². The van der Waals surface area contributed by atoms with Gasteiger partial charge in [0, 0.05) is 17.3 Å². The predicted octanol–water partition coefficient (Wildman–Crippen LogP) is 5.22. The second-order valence-corrected chi connectivity index (χ2v) is 12.2. The molecule has 0 spiro atoms. The van der Waals surface area contributed by atoms with E-state index >= 15 is 0 Å². The fourth-order valence-electron chi connectivity index (χ4n) is 3.65. The van der Waals surface area contributed by atoms with Crippen molar-refractivity contribution in [2.24, 2.45) is 0 Å². The SMILES string of the molecule is COc1ccc(-c2c(NS(=O)(=O)c3ccc(C(C)(C)C)cc3)ncnc2OCCOc2ncc(SC)cn2)cc1. The number of methoxy groups -OCH3 is 1. The van der Waals surface area contributed by atoms with Crippen molar-refractivity contribution in [3.05, 3.63) is 72.8 Å². The summed E-state index contributed by atoms with van der Waals surface area (Å²) >= 11 is 1.53. The van der Waals surface area contributed by atoms with Gasteiger partial charge in [-0.25, -0.2) is 28.4 Å². The van der Waals surface area contributed by atoms with Crippen LogP contribution < -0.4 is 18.9 Å². The van der Waals surface area contributed by atoms with Gasteiger partial charge in [-0.1, -0.05) is 45.0 Å². The maximum atomic E-state index is 13.4. The number of hydrogen-bond acceptors (Lipinski definition) is 10. The lowest BCUT2D eigenvalue weighted by atomic mass is 9.87. The van der Waals surface area contributed by atoms with Crippen LogP contribution in [-0.2, 0) is 15.4 Å². The summed E-state index contributed by atoms with van der Waals surface area (Å²) in [4.78, 5) is 17.9. The summed E-state index contributed by atoms with van der Waals surface area (Å²) in [7, 11) is -2.40. The zero-order valence-electron chi connectivity index (χ0n) is 22.9. The van der Waals surface area contributed by atoms with Crippen LogP contribution in [0.15, 0.2) is 77.0 Å². The molecule has 0 radical (unpaired) electrons. The maximum Gasteiger partial charge on any atom is 0.316 e. The molecule has 40 heavy (non-hydrogen) atoms. The second kappa shape index (κ2) is 12.5. The summed E-state index contributed by atoms with van der Waals surface area (Å²) in [6.45, 7) is 6.45. The van der Waals surface area contributed by atoms with E-state index in [1.54, 1.807) is 55.9 Å². The van der Waals surface area contributed by atoms with E-state index in [1.807, 2.05) is 18.4 Å². The first-order chi connectivity index (χ1) is 19.1. The number of aromatic nitrogens is 4. The van der Waals surface area contributed by atoms with E-state index in [2.05, 4.69) is 45.4 Å². The lowest BCUT2D eigenvalue weighted by Crippen LogP contribution is -2.17. The number of anilines is 1. The van der Waals surface area contributed by atoms with Crippen molar-refractivity contribution in [1.82, 2.24) is 19.9 Å². The van der Waals surface area contributed by atoms with Crippen molar-refractivity contribution in [3.63, 3.8) is 0 Å². The van der Waals surface area contributed by atoms with Gasteiger partial charge in [-0.15, -0.1) is 11.8 Å². The van der Waals surface area contributed by atoms with E-state index in [4.69, 9.17) is 14.2 Å². The minimum absolute atomic E-state index is 0.0759. The average molecular weight is 582 g/mol. The Morgan fingerprint density at radius 2 is 1.52 bits per heavy atom. The highest BCUT2D eigenvalue weighted by Gasteiger charge is 2.23. The molecular formula is C28H31N5O5S2. The van der Waals surface area contributed by atoms with Crippen LogP contribution in [0.3, 0.4) is 0 Å². The van der Waals surface area contributed by atoms with E-state index in [1.165, 1.54) is 18.1 Å². The molecule has 0 unspecified atom stereocenters. The van der Waals surface area contributed by atoms with Crippen LogP contribution in [0.1, 0.15) is 26.3 Å². The molecule has 1 N–H and O–H groups in total. The van der Waals surface area contributed by atoms with E-state index in [9.17, 15) is 8.42 Å². The van der Waals surface area contributed by atoms with Crippen molar-refractivity contribution in [2.75, 3.05) is 31.3 Å². The highest BCUT2D eigenvalue weighted by atomic mass is 32.2. The Kier molecular flexibility index (Phi) is 9.10. The molecule has 4 aromatic rings. The Bertz CT molecular complexity index is 1520. The largest absolute Gasteiger partial charge is 0.497 e. The average Bonchev–Trinajstić information content (AvgIpc) is 2.95. The first kappa shape index (κ1) is 29.1. The third-order valence-corrected chi connectivity index (χ3v) is 7.88. The summed E-state index contributed by atoms with van der Waals surface area (Å²) in [6, 6.07) is 14.1. The number of sulfonamides is 1. The lowest BCUT2D eigenvalue weighted by Gasteiger charge is -2.19. The molecule has 12 heteroatoms. The molecule has 10 nitrogen and oxygen atoms in total. The first-order valence-corrected chi connectivity index (χ1v) is 15.1. The summed E-state index contributed by atoms with van der Waals surface area (Å²) < 4.78 is 46.1. The van der Waals surface area contributed by atoms with Crippen molar-refractivity contribution in [2.45, 2.75) is 36.0 Å². The van der Waals surface area contributed by atoms with Crippen LogP contribution >= 0.6 is 11.8 Å². The van der Waals surface area contributed by atoms with Gasteiger partial charge in [-0.3, -0.25) is 4.72 Å². The van der Waals surface area contributed by atoms with Gasteiger partial charge in [0.05, 0.1) is 17.6 Å². The summed E-state index contributed by atoms with van der Waals surface area (Å²) in [5, 5.41) is 0. The number of hydrogen-bond donors (Lipinski definition) is 1. The van der Waals surface area contributed by atoms with Crippen LogP contribution in [0.5, 0.6) is 17.6 Å². The molecular weight excluding hydrogens is 550 g/mol. The zero-order chi connectivity index (χ0) is 28.8. The van der Waals surface area contributed by atoms with Gasteiger partial charge in [-0.05, 0) is 47.1 Å². The zero-order valence-corrected chi connectivity index (χ0v) is 24.5. The summed E-state index contributed by atoms with van der Waals surface area (Å²) in [5.41, 5.74) is 1.93. The molecule has 2 aromatic carbocycles. The Balaban J connectivity index is 1.59. The fourth-order valence-corrected chi connectivity index (χ4v) is 4.99. The number of rotatable bonds is 11. The Morgan fingerprint density at radius 1 is 0.875 bits per heavy atom. The van der Waals surface area contributed by atoms with Gasteiger partial charge < -0.3 is 14.2 Å². The molecule has 0 aliphatic rings. The van der Waals surface area contributed by atoms with E-state index in [0.29, 0.717) is 16.9 Å². The monoisotopic (exact) mass is 581 g/mol. The molecule has 0 saturated heterocycles. The molecule has 210 valence electrons. The van der Waals surface area contributed by atoms with Crippen molar-refractivity contribution >= 4 is 27.6 Å². The quantitative estimate of drug-likeness (QED) is 0.186. The molecule has 0 aliphatic heterocycles. The first-order valence-electron chi connectivity index (χ1n) is 12.3. The van der Waals surface area contributed by atoms with Gasteiger partial charge in [0.1, 0.15) is 25.3 Å². The number of nitrogens with one attached hydrogen (secondary N) is 1. The van der Waals surface area contributed by atoms with E-state index < -0.39 is 10.0 Å². The number of thioether (sulfide) groups is 1.